The van der Waals surface area contributed by atoms with E-state index < -0.39 is 34.5 Å². The summed E-state index contributed by atoms with van der Waals surface area (Å²) < 4.78 is 80.6. The molecule has 1 aliphatic rings. The number of nitrogens with two attached hydrogens (primary N) is 1. The first-order chi connectivity index (χ1) is 20.4. The zero-order chi connectivity index (χ0) is 31.4. The number of fused-ring (bicyclic) bond motifs is 2. The predicted molar refractivity (Wildman–Crippen MR) is 154 cm³/mol. The van der Waals surface area contributed by atoms with Crippen molar-refractivity contribution in [2.45, 2.75) is 51.9 Å². The fraction of sp³-hybridized carbons (Fsp3) is 0.379. The lowest BCUT2D eigenvalue weighted by Crippen LogP contribution is -2.40. The number of hydrogen-bond acceptors (Lipinski definition) is 8. The molecule has 3 heterocycles. The van der Waals surface area contributed by atoms with Crippen LogP contribution < -0.4 is 15.4 Å². The fourth-order valence-electron chi connectivity index (χ4n) is 5.86. The number of nitrogens with zero attached hydrogens (tertiary/aromatic N) is 5. The third-order valence-electron chi connectivity index (χ3n) is 7.81. The van der Waals surface area contributed by atoms with Crippen LogP contribution in [0.15, 0.2) is 18.2 Å². The minimum absolute atomic E-state index is 0.0186. The number of methoxy groups -OCH3 is 1. The second-order valence-corrected chi connectivity index (χ2v) is 11.3. The van der Waals surface area contributed by atoms with Gasteiger partial charge in [-0.25, -0.2) is 8.78 Å². The summed E-state index contributed by atoms with van der Waals surface area (Å²) in [7, 11) is 1.25. The number of aromatic nitrogens is 2. The first kappa shape index (κ1) is 30.2. The monoisotopic (exact) mass is 618 g/mol. The topological polar surface area (TPSA) is 108 Å². The summed E-state index contributed by atoms with van der Waals surface area (Å²) in [5, 5.41) is 9.15. The van der Waals surface area contributed by atoms with E-state index in [-0.39, 0.29) is 68.0 Å². The molecule has 8 nitrogen and oxygen atoms in total. The molecular formula is C29H27F5N6O2S. The number of carbonyl (C=O) groups excluding carboxylic acids is 1. The van der Waals surface area contributed by atoms with Gasteiger partial charge in [-0.2, -0.15) is 28.4 Å². The molecule has 0 radical (unpaired) electrons. The summed E-state index contributed by atoms with van der Waals surface area (Å²) in [6.07, 6.45) is -4.25. The number of amides is 1. The van der Waals surface area contributed by atoms with Gasteiger partial charge in [-0.3, -0.25) is 4.79 Å². The summed E-state index contributed by atoms with van der Waals surface area (Å²) >= 11 is 0.691. The lowest BCUT2D eigenvalue weighted by molar-refractivity contribution is -0.137. The Hall–Kier alpha value is -4.25. The number of likely N-dealkylation sites (N-methyl/N-ethyl adjacent to an activating group) is 1. The minimum atomic E-state index is -5.07. The van der Waals surface area contributed by atoms with Crippen molar-refractivity contribution >= 4 is 49.1 Å². The lowest BCUT2D eigenvalue weighted by atomic mass is 9.92. The summed E-state index contributed by atoms with van der Waals surface area (Å²) in [5.41, 5.74) is 2.59. The van der Waals surface area contributed by atoms with Crippen molar-refractivity contribution in [2.24, 2.45) is 0 Å². The predicted octanol–water partition coefficient (Wildman–Crippen LogP) is 6.50. The Bertz CT molecular complexity index is 1800. The summed E-state index contributed by atoms with van der Waals surface area (Å²) in [6.45, 7) is 6.02. The van der Waals surface area contributed by atoms with Gasteiger partial charge in [-0.05, 0) is 38.0 Å². The van der Waals surface area contributed by atoms with Crippen molar-refractivity contribution in [1.29, 1.82) is 5.26 Å². The Morgan fingerprint density at radius 3 is 2.60 bits per heavy atom. The van der Waals surface area contributed by atoms with E-state index in [0.717, 1.165) is 18.2 Å². The van der Waals surface area contributed by atoms with Crippen LogP contribution in [-0.4, -0.2) is 53.1 Å². The summed E-state index contributed by atoms with van der Waals surface area (Å²) in [5.74, 6) is -2.18. The maximum Gasteiger partial charge on any atom is 0.417 e. The molecule has 2 aromatic heterocycles. The van der Waals surface area contributed by atoms with Crippen LogP contribution in [0.4, 0.5) is 32.8 Å². The van der Waals surface area contributed by atoms with E-state index in [1.165, 1.54) is 7.11 Å². The highest BCUT2D eigenvalue weighted by Crippen LogP contribution is 2.48. The fourth-order valence-corrected chi connectivity index (χ4v) is 6.81. The number of alkyl halides is 3. The Morgan fingerprint density at radius 2 is 2.00 bits per heavy atom. The molecule has 5 rings (SSSR count). The Morgan fingerprint density at radius 1 is 1.28 bits per heavy atom. The van der Waals surface area contributed by atoms with Gasteiger partial charge < -0.3 is 20.3 Å². The van der Waals surface area contributed by atoms with Crippen LogP contribution in [0.25, 0.3) is 32.1 Å². The zero-order valence-corrected chi connectivity index (χ0v) is 24.5. The third-order valence-corrected chi connectivity index (χ3v) is 8.83. The summed E-state index contributed by atoms with van der Waals surface area (Å²) in [6, 6.07) is 3.77. The van der Waals surface area contributed by atoms with Gasteiger partial charge in [0.25, 0.3) is 0 Å². The standard InChI is InChI=1S/C29H27F5N6O2S/c1-5-20(41)40-12-14(9-13(40)3)39(6-2)27-16-10-18(29(32,33)34)22(23(31)24(16)37-28(38-27)42-4)15-7-8-19(30)25-21(15)17(11-35)26(36)43-25/h7-8,10,13-14H,5-6,9,12,36H2,1-4H3. The van der Waals surface area contributed by atoms with Crippen LogP contribution in [0, 0.1) is 23.0 Å². The average molecular weight is 619 g/mol. The molecular weight excluding hydrogens is 591 g/mol. The molecule has 0 aliphatic carbocycles. The van der Waals surface area contributed by atoms with E-state index in [4.69, 9.17) is 10.5 Å². The molecule has 2 atom stereocenters. The third kappa shape index (κ3) is 4.95. The summed E-state index contributed by atoms with van der Waals surface area (Å²) in [4.78, 5) is 24.4. The van der Waals surface area contributed by atoms with Crippen molar-refractivity contribution in [3.63, 3.8) is 0 Å². The number of likely N-dealkylation sites (tertiary alicyclic amines) is 1. The van der Waals surface area contributed by atoms with E-state index in [1.807, 2.05) is 6.92 Å². The molecule has 2 aromatic carbocycles. The molecule has 1 aliphatic heterocycles. The molecule has 1 amide bonds. The van der Waals surface area contributed by atoms with Gasteiger partial charge >= 0.3 is 12.2 Å². The Labute approximate surface area is 247 Å². The molecule has 0 bridgehead atoms. The van der Waals surface area contributed by atoms with Crippen molar-refractivity contribution < 1.29 is 31.5 Å². The molecule has 2 N–H and O–H groups in total. The van der Waals surface area contributed by atoms with Gasteiger partial charge in [0.15, 0.2) is 5.82 Å². The zero-order valence-electron chi connectivity index (χ0n) is 23.6. The van der Waals surface area contributed by atoms with Crippen LogP contribution in [0.1, 0.15) is 44.7 Å². The number of nitriles is 1. The van der Waals surface area contributed by atoms with Crippen LogP contribution in [-0.2, 0) is 11.0 Å². The van der Waals surface area contributed by atoms with Crippen LogP contribution in [0.5, 0.6) is 6.01 Å². The molecule has 4 aromatic rings. The van der Waals surface area contributed by atoms with Crippen molar-refractivity contribution in [3.8, 4) is 23.2 Å². The smallest absolute Gasteiger partial charge is 0.417 e. The largest absolute Gasteiger partial charge is 0.467 e. The highest BCUT2D eigenvalue weighted by atomic mass is 32.1. The van der Waals surface area contributed by atoms with E-state index in [2.05, 4.69) is 9.97 Å². The SMILES string of the molecule is CCC(=O)N1CC(N(CC)c2nc(OC)nc3c(F)c(-c4ccc(F)c5sc(N)c(C#N)c45)c(C(F)(F)F)cc23)CC1C. The normalized spacial score (nSPS) is 17.1. The molecule has 0 saturated carbocycles. The first-order valence-corrected chi connectivity index (χ1v) is 14.3. The van der Waals surface area contributed by atoms with Crippen LogP contribution in [0.2, 0.25) is 0 Å². The molecule has 0 spiro atoms. The van der Waals surface area contributed by atoms with Gasteiger partial charge in [-0.1, -0.05) is 13.0 Å². The highest BCUT2D eigenvalue weighted by molar-refractivity contribution is 7.23. The van der Waals surface area contributed by atoms with Gasteiger partial charge in [0, 0.05) is 47.9 Å². The number of rotatable bonds is 6. The van der Waals surface area contributed by atoms with Gasteiger partial charge in [0.2, 0.25) is 5.91 Å². The van der Waals surface area contributed by atoms with E-state index in [1.54, 1.807) is 29.7 Å². The number of carbonyl (C=O) groups is 1. The number of nitrogen functional groups attached to an aromatic ring is 1. The highest BCUT2D eigenvalue weighted by Gasteiger charge is 2.40. The number of halogens is 5. The Balaban J connectivity index is 1.82. The molecule has 1 saturated heterocycles. The van der Waals surface area contributed by atoms with Gasteiger partial charge in [-0.15, -0.1) is 11.3 Å². The number of thiophene rings is 1. The van der Waals surface area contributed by atoms with Crippen molar-refractivity contribution in [3.05, 3.63) is 41.0 Å². The van der Waals surface area contributed by atoms with E-state index in [0.29, 0.717) is 30.7 Å². The van der Waals surface area contributed by atoms with E-state index >= 15 is 4.39 Å². The molecule has 43 heavy (non-hydrogen) atoms. The minimum Gasteiger partial charge on any atom is -0.467 e. The van der Waals surface area contributed by atoms with E-state index in [9.17, 15) is 27.6 Å². The second kappa shape index (κ2) is 11.1. The number of benzene rings is 2. The first-order valence-electron chi connectivity index (χ1n) is 13.5. The average Bonchev–Trinajstić information content (AvgIpc) is 3.52. The second-order valence-electron chi connectivity index (χ2n) is 10.2. The molecule has 1 fully saturated rings. The number of ether oxygens (including phenoxy) is 1. The Kier molecular flexibility index (Phi) is 7.81. The molecule has 226 valence electrons. The quantitative estimate of drug-likeness (QED) is 0.246. The van der Waals surface area contributed by atoms with Crippen molar-refractivity contribution in [2.75, 3.05) is 30.8 Å². The molecule has 14 heteroatoms. The number of anilines is 2. The van der Waals surface area contributed by atoms with Crippen LogP contribution in [0.3, 0.4) is 0 Å². The molecule has 2 unspecified atom stereocenters. The van der Waals surface area contributed by atoms with Crippen LogP contribution >= 0.6 is 11.3 Å². The maximum absolute atomic E-state index is 16.6. The maximum atomic E-state index is 16.6. The van der Waals surface area contributed by atoms with Gasteiger partial charge in [0.05, 0.1) is 22.9 Å². The van der Waals surface area contributed by atoms with Gasteiger partial charge in [0.1, 0.15) is 28.2 Å². The lowest BCUT2D eigenvalue weighted by Gasteiger charge is -2.30. The number of hydrogen-bond donors (Lipinski definition) is 1. The van der Waals surface area contributed by atoms with Crippen molar-refractivity contribution in [1.82, 2.24) is 14.9 Å².